The fourth-order valence-corrected chi connectivity index (χ4v) is 2.28. The van der Waals surface area contributed by atoms with Crippen LogP contribution in [0, 0.1) is 5.92 Å². The Hall–Kier alpha value is -0.570. The third kappa shape index (κ3) is 2.71. The van der Waals surface area contributed by atoms with Crippen molar-refractivity contribution in [3.63, 3.8) is 0 Å². The van der Waals surface area contributed by atoms with Crippen LogP contribution in [0.2, 0.25) is 0 Å². The van der Waals surface area contributed by atoms with Crippen LogP contribution in [0.15, 0.2) is 0 Å². The first kappa shape index (κ1) is 9.97. The van der Waals surface area contributed by atoms with E-state index < -0.39 is 0 Å². The summed E-state index contributed by atoms with van der Waals surface area (Å²) in [5, 5.41) is 0. The summed E-state index contributed by atoms with van der Waals surface area (Å²) < 4.78 is 10.7. The lowest BCUT2D eigenvalue weighted by Gasteiger charge is -2.17. The predicted octanol–water partition coefficient (Wildman–Crippen LogP) is 1.90. The number of rotatable bonds is 2. The number of carbonyl (C=O) groups is 1. The molecule has 2 saturated heterocycles. The zero-order valence-electron chi connectivity index (χ0n) is 8.54. The summed E-state index contributed by atoms with van der Waals surface area (Å²) in [5.74, 6) is 0.581. The number of cyclic esters (lactones) is 1. The maximum Gasteiger partial charge on any atom is 0.306 e. The van der Waals surface area contributed by atoms with Crippen molar-refractivity contribution in [3.8, 4) is 0 Å². The van der Waals surface area contributed by atoms with Crippen molar-refractivity contribution >= 4 is 5.97 Å². The molecule has 14 heavy (non-hydrogen) atoms. The molecule has 80 valence electrons. The van der Waals surface area contributed by atoms with Gasteiger partial charge in [-0.1, -0.05) is 6.42 Å². The number of hydrogen-bond donors (Lipinski definition) is 0. The first-order valence-corrected chi connectivity index (χ1v) is 5.62. The topological polar surface area (TPSA) is 35.5 Å². The summed E-state index contributed by atoms with van der Waals surface area (Å²) in [6.45, 7) is 1.76. The molecule has 0 aromatic carbocycles. The van der Waals surface area contributed by atoms with E-state index in [1.807, 2.05) is 0 Å². The van der Waals surface area contributed by atoms with Gasteiger partial charge in [0.25, 0.3) is 0 Å². The summed E-state index contributed by atoms with van der Waals surface area (Å²) in [5.41, 5.74) is 0. The maximum absolute atomic E-state index is 10.9. The Morgan fingerprint density at radius 3 is 3.00 bits per heavy atom. The second kappa shape index (κ2) is 4.78. The Labute approximate surface area is 84.8 Å². The van der Waals surface area contributed by atoms with Gasteiger partial charge in [0.15, 0.2) is 0 Å². The van der Waals surface area contributed by atoms with E-state index >= 15 is 0 Å². The van der Waals surface area contributed by atoms with Crippen LogP contribution in [-0.4, -0.2) is 25.3 Å². The number of carbonyl (C=O) groups excluding carboxylic acids is 1. The molecule has 0 radical (unpaired) electrons. The van der Waals surface area contributed by atoms with Crippen molar-refractivity contribution < 1.29 is 14.3 Å². The van der Waals surface area contributed by atoms with Crippen LogP contribution in [-0.2, 0) is 14.3 Å². The molecule has 2 aliphatic heterocycles. The average Bonchev–Trinajstić information content (AvgIpc) is 2.43. The van der Waals surface area contributed by atoms with Crippen molar-refractivity contribution in [2.24, 2.45) is 5.92 Å². The molecule has 0 aliphatic carbocycles. The largest absolute Gasteiger partial charge is 0.462 e. The van der Waals surface area contributed by atoms with Gasteiger partial charge in [0.05, 0.1) is 0 Å². The molecule has 2 atom stereocenters. The molecule has 2 fully saturated rings. The molecule has 0 N–H and O–H groups in total. The molecular weight excluding hydrogens is 180 g/mol. The molecule has 3 heteroatoms. The van der Waals surface area contributed by atoms with Gasteiger partial charge in [-0.05, 0) is 31.6 Å². The first-order chi connectivity index (χ1) is 6.84. The van der Waals surface area contributed by atoms with Crippen LogP contribution in [0.25, 0.3) is 0 Å². The van der Waals surface area contributed by atoms with Gasteiger partial charge in [-0.2, -0.15) is 0 Å². The Kier molecular flexibility index (Phi) is 3.40. The van der Waals surface area contributed by atoms with Gasteiger partial charge in [0.1, 0.15) is 6.10 Å². The highest BCUT2D eigenvalue weighted by Crippen LogP contribution is 2.25. The van der Waals surface area contributed by atoms with Gasteiger partial charge < -0.3 is 9.47 Å². The van der Waals surface area contributed by atoms with Crippen molar-refractivity contribution in [1.29, 1.82) is 0 Å². The van der Waals surface area contributed by atoms with Gasteiger partial charge in [0, 0.05) is 19.6 Å². The maximum atomic E-state index is 10.9. The summed E-state index contributed by atoms with van der Waals surface area (Å²) in [6.07, 6.45) is 6.37. The van der Waals surface area contributed by atoms with E-state index in [2.05, 4.69) is 0 Å². The molecule has 0 amide bonds. The van der Waals surface area contributed by atoms with Crippen molar-refractivity contribution in [3.05, 3.63) is 0 Å². The van der Waals surface area contributed by atoms with Gasteiger partial charge in [-0.15, -0.1) is 0 Å². The molecule has 2 aliphatic rings. The van der Waals surface area contributed by atoms with Gasteiger partial charge in [0.2, 0.25) is 0 Å². The predicted molar refractivity (Wildman–Crippen MR) is 51.9 cm³/mol. The second-order valence-corrected chi connectivity index (χ2v) is 4.32. The van der Waals surface area contributed by atoms with E-state index in [0.29, 0.717) is 12.3 Å². The van der Waals surface area contributed by atoms with Gasteiger partial charge in [-0.3, -0.25) is 4.79 Å². The van der Waals surface area contributed by atoms with E-state index in [0.717, 1.165) is 26.1 Å². The third-order valence-corrected chi connectivity index (χ3v) is 3.07. The number of hydrogen-bond acceptors (Lipinski definition) is 3. The number of ether oxygens (including phenoxy) is 2. The lowest BCUT2D eigenvalue weighted by atomic mass is 9.96. The molecule has 2 heterocycles. The Balaban J connectivity index is 1.75. The minimum absolute atomic E-state index is 0.0236. The second-order valence-electron chi connectivity index (χ2n) is 4.32. The highest BCUT2D eigenvalue weighted by atomic mass is 16.5. The molecular formula is C11H18O3. The van der Waals surface area contributed by atoms with Crippen molar-refractivity contribution in [2.75, 3.05) is 13.2 Å². The Bertz CT molecular complexity index is 195. The van der Waals surface area contributed by atoms with Crippen LogP contribution < -0.4 is 0 Å². The quantitative estimate of drug-likeness (QED) is 0.636. The summed E-state index contributed by atoms with van der Waals surface area (Å²) in [7, 11) is 0. The summed E-state index contributed by atoms with van der Waals surface area (Å²) in [6, 6.07) is 0. The van der Waals surface area contributed by atoms with E-state index in [4.69, 9.17) is 9.47 Å². The van der Waals surface area contributed by atoms with Gasteiger partial charge in [-0.25, -0.2) is 0 Å². The molecule has 2 unspecified atom stereocenters. The Morgan fingerprint density at radius 2 is 2.21 bits per heavy atom. The molecule has 0 bridgehead atoms. The standard InChI is InChI=1S/C11H18O3/c12-11-5-4-10(14-11)7-9-3-1-2-6-13-8-9/h9-10H,1-8H2. The van der Waals surface area contributed by atoms with Crippen LogP contribution in [0.5, 0.6) is 0 Å². The van der Waals surface area contributed by atoms with Crippen LogP contribution in [0.4, 0.5) is 0 Å². The molecule has 3 nitrogen and oxygen atoms in total. The normalized spacial score (nSPS) is 33.9. The lowest BCUT2D eigenvalue weighted by Crippen LogP contribution is -2.16. The Morgan fingerprint density at radius 1 is 1.29 bits per heavy atom. The molecule has 0 spiro atoms. The molecule has 0 aromatic heterocycles. The van der Waals surface area contributed by atoms with Crippen molar-refractivity contribution in [1.82, 2.24) is 0 Å². The van der Waals surface area contributed by atoms with Crippen LogP contribution >= 0.6 is 0 Å². The average molecular weight is 198 g/mol. The molecule has 0 saturated carbocycles. The van der Waals surface area contributed by atoms with E-state index in [1.165, 1.54) is 19.3 Å². The molecule has 0 aromatic rings. The fraction of sp³-hybridized carbons (Fsp3) is 0.909. The summed E-state index contributed by atoms with van der Waals surface area (Å²) >= 11 is 0. The highest BCUT2D eigenvalue weighted by Gasteiger charge is 2.26. The van der Waals surface area contributed by atoms with Crippen LogP contribution in [0.3, 0.4) is 0 Å². The zero-order chi connectivity index (χ0) is 9.80. The minimum Gasteiger partial charge on any atom is -0.462 e. The lowest BCUT2D eigenvalue weighted by molar-refractivity contribution is -0.142. The fourth-order valence-electron chi connectivity index (χ4n) is 2.28. The zero-order valence-corrected chi connectivity index (χ0v) is 8.54. The SMILES string of the molecule is O=C1CCC(CC2CCCCOC2)O1. The van der Waals surface area contributed by atoms with Crippen LogP contribution in [0.1, 0.15) is 38.5 Å². The first-order valence-electron chi connectivity index (χ1n) is 5.62. The third-order valence-electron chi connectivity index (χ3n) is 3.07. The van der Waals surface area contributed by atoms with Crippen molar-refractivity contribution in [2.45, 2.75) is 44.6 Å². The van der Waals surface area contributed by atoms with E-state index in [1.54, 1.807) is 0 Å². The van der Waals surface area contributed by atoms with Gasteiger partial charge >= 0.3 is 5.97 Å². The highest BCUT2D eigenvalue weighted by molar-refractivity contribution is 5.71. The van der Waals surface area contributed by atoms with E-state index in [9.17, 15) is 4.79 Å². The monoisotopic (exact) mass is 198 g/mol. The molecule has 2 rings (SSSR count). The minimum atomic E-state index is -0.0236. The smallest absolute Gasteiger partial charge is 0.306 e. The summed E-state index contributed by atoms with van der Waals surface area (Å²) in [4.78, 5) is 10.9. The number of esters is 1. The van der Waals surface area contributed by atoms with E-state index in [-0.39, 0.29) is 12.1 Å².